The fourth-order valence-corrected chi connectivity index (χ4v) is 2.04. The molecule has 0 aliphatic heterocycles. The second kappa shape index (κ2) is 4.77. The van der Waals surface area contributed by atoms with Crippen molar-refractivity contribution in [3.05, 3.63) is 48.9 Å². The quantitative estimate of drug-likeness (QED) is 0.792. The van der Waals surface area contributed by atoms with E-state index in [-0.39, 0.29) is 0 Å². The lowest BCUT2D eigenvalue weighted by Crippen LogP contribution is -2.15. The third kappa shape index (κ3) is 2.14. The summed E-state index contributed by atoms with van der Waals surface area (Å²) in [6.07, 6.45) is 5.16. The molecule has 0 fully saturated rings. The van der Waals surface area contributed by atoms with Gasteiger partial charge < -0.3 is 5.11 Å². The molecule has 0 saturated heterocycles. The van der Waals surface area contributed by atoms with Gasteiger partial charge in [-0.1, -0.05) is 18.2 Å². The Labute approximate surface area is 115 Å². The van der Waals surface area contributed by atoms with Gasteiger partial charge in [0.15, 0.2) is 0 Å². The summed E-state index contributed by atoms with van der Waals surface area (Å²) < 4.78 is 1.44. The van der Waals surface area contributed by atoms with Crippen LogP contribution in [0.15, 0.2) is 48.9 Å². The average molecular weight is 267 g/mol. The maximum Gasteiger partial charge on any atom is 0.328 e. The Morgan fingerprint density at radius 1 is 1.25 bits per heavy atom. The molecule has 3 rings (SSSR count). The van der Waals surface area contributed by atoms with Crippen LogP contribution in [0.25, 0.3) is 22.0 Å². The molecule has 3 aromatic rings. The van der Waals surface area contributed by atoms with Crippen LogP contribution in [0.1, 0.15) is 13.0 Å². The Kier molecular flexibility index (Phi) is 2.95. The van der Waals surface area contributed by atoms with Crippen LogP contribution in [-0.4, -0.2) is 25.8 Å². The Morgan fingerprint density at radius 3 is 2.85 bits per heavy atom. The summed E-state index contributed by atoms with van der Waals surface area (Å²) in [6.45, 7) is 1.59. The monoisotopic (exact) mass is 267 g/mol. The molecule has 0 aliphatic carbocycles. The van der Waals surface area contributed by atoms with E-state index in [1.807, 2.05) is 30.3 Å². The van der Waals surface area contributed by atoms with E-state index < -0.39 is 12.0 Å². The number of aromatic nitrogens is 3. The van der Waals surface area contributed by atoms with Crippen LogP contribution in [0, 0.1) is 0 Å². The summed E-state index contributed by atoms with van der Waals surface area (Å²) in [5.74, 6) is -0.906. The number of nitrogens with zero attached hydrogens (tertiary/aromatic N) is 3. The number of hydrogen-bond acceptors (Lipinski definition) is 3. The van der Waals surface area contributed by atoms with Gasteiger partial charge in [-0.2, -0.15) is 5.10 Å². The van der Waals surface area contributed by atoms with Crippen molar-refractivity contribution in [2.75, 3.05) is 0 Å². The van der Waals surface area contributed by atoms with Crippen LogP contribution in [0.2, 0.25) is 0 Å². The molecule has 0 saturated carbocycles. The summed E-state index contributed by atoms with van der Waals surface area (Å²) >= 11 is 0. The third-order valence-electron chi connectivity index (χ3n) is 3.28. The number of carbonyl (C=O) groups is 1. The molecule has 0 amide bonds. The molecule has 5 nitrogen and oxygen atoms in total. The largest absolute Gasteiger partial charge is 0.480 e. The van der Waals surface area contributed by atoms with Gasteiger partial charge in [-0.15, -0.1) is 0 Å². The molecule has 0 radical (unpaired) electrons. The molecular weight excluding hydrogens is 254 g/mol. The second-order valence-electron chi connectivity index (χ2n) is 4.64. The first-order valence-electron chi connectivity index (χ1n) is 6.27. The number of hydrogen-bond donors (Lipinski definition) is 1. The zero-order valence-corrected chi connectivity index (χ0v) is 10.9. The molecule has 1 N–H and O–H groups in total. The van der Waals surface area contributed by atoms with Gasteiger partial charge in [0.05, 0.1) is 11.7 Å². The maximum atomic E-state index is 10.9. The highest BCUT2D eigenvalue weighted by Gasteiger charge is 2.14. The fourth-order valence-electron chi connectivity index (χ4n) is 2.04. The van der Waals surface area contributed by atoms with Crippen LogP contribution in [0.4, 0.5) is 0 Å². The number of rotatable bonds is 3. The molecule has 2 heterocycles. The van der Waals surface area contributed by atoms with E-state index in [1.54, 1.807) is 25.5 Å². The Bertz CT molecular complexity index is 779. The molecule has 0 spiro atoms. The van der Waals surface area contributed by atoms with E-state index in [0.29, 0.717) is 0 Å². The number of para-hydroxylation sites is 1. The Balaban J connectivity index is 2.01. The van der Waals surface area contributed by atoms with E-state index >= 15 is 0 Å². The van der Waals surface area contributed by atoms with E-state index in [4.69, 9.17) is 5.11 Å². The molecule has 1 aromatic carbocycles. The van der Waals surface area contributed by atoms with Crippen molar-refractivity contribution in [2.24, 2.45) is 0 Å². The highest BCUT2D eigenvalue weighted by Crippen LogP contribution is 2.23. The number of benzene rings is 1. The van der Waals surface area contributed by atoms with Gasteiger partial charge in [0.1, 0.15) is 6.04 Å². The fraction of sp³-hybridized carbons (Fsp3) is 0.133. The Hall–Kier alpha value is -2.69. The predicted octanol–water partition coefficient (Wildman–Crippen LogP) is 2.74. The lowest BCUT2D eigenvalue weighted by Gasteiger charge is -2.05. The lowest BCUT2D eigenvalue weighted by atomic mass is 10.1. The number of pyridine rings is 1. The van der Waals surface area contributed by atoms with Crippen LogP contribution in [-0.2, 0) is 4.79 Å². The van der Waals surface area contributed by atoms with Crippen molar-refractivity contribution >= 4 is 16.9 Å². The Morgan fingerprint density at radius 2 is 2.05 bits per heavy atom. The first-order valence-corrected chi connectivity index (χ1v) is 6.27. The number of carboxylic acids is 1. The van der Waals surface area contributed by atoms with Gasteiger partial charge in [-0.25, -0.2) is 4.79 Å². The highest BCUT2D eigenvalue weighted by atomic mass is 16.4. The van der Waals surface area contributed by atoms with Crippen molar-refractivity contribution in [3.8, 4) is 11.1 Å². The van der Waals surface area contributed by atoms with Crippen molar-refractivity contribution in [3.63, 3.8) is 0 Å². The highest BCUT2D eigenvalue weighted by molar-refractivity contribution is 5.83. The van der Waals surface area contributed by atoms with Crippen LogP contribution in [0.5, 0.6) is 0 Å². The summed E-state index contributed by atoms with van der Waals surface area (Å²) in [6, 6.07) is 9.20. The zero-order chi connectivity index (χ0) is 14.1. The number of fused-ring (bicyclic) bond motifs is 1. The summed E-state index contributed by atoms with van der Waals surface area (Å²) in [5.41, 5.74) is 2.71. The van der Waals surface area contributed by atoms with E-state index in [0.717, 1.165) is 22.0 Å². The summed E-state index contributed by atoms with van der Waals surface area (Å²) in [7, 11) is 0. The van der Waals surface area contributed by atoms with Gasteiger partial charge in [0, 0.05) is 28.9 Å². The van der Waals surface area contributed by atoms with E-state index in [2.05, 4.69) is 10.1 Å². The van der Waals surface area contributed by atoms with Crippen LogP contribution >= 0.6 is 0 Å². The smallest absolute Gasteiger partial charge is 0.328 e. The molecule has 1 atom stereocenters. The molecule has 0 aliphatic rings. The third-order valence-corrected chi connectivity index (χ3v) is 3.28. The van der Waals surface area contributed by atoms with E-state index in [9.17, 15) is 4.79 Å². The lowest BCUT2D eigenvalue weighted by molar-refractivity contribution is -0.140. The summed E-state index contributed by atoms with van der Waals surface area (Å²) in [4.78, 5) is 15.3. The molecule has 0 unspecified atom stereocenters. The minimum Gasteiger partial charge on any atom is -0.480 e. The molecule has 2 aromatic heterocycles. The van der Waals surface area contributed by atoms with Crippen LogP contribution < -0.4 is 0 Å². The normalized spacial score (nSPS) is 12.4. The van der Waals surface area contributed by atoms with Gasteiger partial charge in [0.2, 0.25) is 0 Å². The van der Waals surface area contributed by atoms with E-state index in [1.165, 1.54) is 4.68 Å². The van der Waals surface area contributed by atoms with Crippen molar-refractivity contribution < 1.29 is 9.90 Å². The number of aliphatic carboxylic acids is 1. The summed E-state index contributed by atoms with van der Waals surface area (Å²) in [5, 5.41) is 14.1. The van der Waals surface area contributed by atoms with Gasteiger partial charge >= 0.3 is 5.97 Å². The molecule has 20 heavy (non-hydrogen) atoms. The zero-order valence-electron chi connectivity index (χ0n) is 10.9. The minimum atomic E-state index is -0.906. The molecule has 5 heteroatoms. The average Bonchev–Trinajstić information content (AvgIpc) is 2.95. The van der Waals surface area contributed by atoms with Gasteiger partial charge in [-0.05, 0) is 19.1 Å². The SMILES string of the molecule is C[C@@H](C(=O)O)n1cc(-c2cnc3ccccc3c2)cn1. The number of carboxylic acid groups (broad SMARTS) is 1. The predicted molar refractivity (Wildman–Crippen MR) is 75.3 cm³/mol. The molecule has 0 bridgehead atoms. The molecule has 100 valence electrons. The first-order chi connectivity index (χ1) is 9.65. The maximum absolute atomic E-state index is 10.9. The van der Waals surface area contributed by atoms with Gasteiger partial charge in [0.25, 0.3) is 0 Å². The minimum absolute atomic E-state index is 0.683. The van der Waals surface area contributed by atoms with Crippen molar-refractivity contribution in [1.82, 2.24) is 14.8 Å². The first kappa shape index (κ1) is 12.3. The van der Waals surface area contributed by atoms with Crippen molar-refractivity contribution in [1.29, 1.82) is 0 Å². The standard InChI is InChI=1S/C15H13N3O2/c1-10(15(19)20)18-9-13(8-17-18)12-6-11-4-2-3-5-14(11)16-7-12/h2-10H,1H3,(H,19,20)/t10-/m0/s1. The second-order valence-corrected chi connectivity index (χ2v) is 4.64. The van der Waals surface area contributed by atoms with Crippen molar-refractivity contribution in [2.45, 2.75) is 13.0 Å². The van der Waals surface area contributed by atoms with Crippen LogP contribution in [0.3, 0.4) is 0 Å². The van der Waals surface area contributed by atoms with Gasteiger partial charge in [-0.3, -0.25) is 9.67 Å². The topological polar surface area (TPSA) is 68.0 Å². The molecular formula is C15H13N3O2.